The van der Waals surface area contributed by atoms with Gasteiger partial charge in [-0.05, 0) is 17.7 Å². The number of ether oxygens (including phenoxy) is 1. The standard InChI is InChI=1S/C21H20N4O4/c1-29-16-9-7-14(8-10-16)11-23-18(26)13-25-20(15-5-3-2-4-6-15)24-12-17(19(22)27)21(25)28/h2-10,12H,11,13H2,1H3,(H2,22,27)(H,23,26). The number of nitrogens with one attached hydrogen (secondary N) is 1. The van der Waals surface area contributed by atoms with Crippen molar-refractivity contribution in [2.24, 2.45) is 5.73 Å². The van der Waals surface area contributed by atoms with E-state index in [2.05, 4.69) is 10.3 Å². The molecule has 0 radical (unpaired) electrons. The Balaban J connectivity index is 1.84. The van der Waals surface area contributed by atoms with Crippen LogP contribution < -0.4 is 21.3 Å². The number of carbonyl (C=O) groups is 2. The molecule has 0 unspecified atom stereocenters. The molecule has 1 aromatic heterocycles. The van der Waals surface area contributed by atoms with Crippen molar-refractivity contribution in [3.8, 4) is 17.1 Å². The Kier molecular flexibility index (Phi) is 6.03. The van der Waals surface area contributed by atoms with E-state index in [0.717, 1.165) is 16.3 Å². The lowest BCUT2D eigenvalue weighted by Crippen LogP contribution is -2.36. The van der Waals surface area contributed by atoms with E-state index in [1.54, 1.807) is 43.5 Å². The largest absolute Gasteiger partial charge is 0.497 e. The molecular weight excluding hydrogens is 372 g/mol. The smallest absolute Gasteiger partial charge is 0.267 e. The molecule has 0 saturated carbocycles. The summed E-state index contributed by atoms with van der Waals surface area (Å²) in [5, 5.41) is 2.76. The van der Waals surface area contributed by atoms with Crippen LogP contribution in [0.3, 0.4) is 0 Å². The van der Waals surface area contributed by atoms with Gasteiger partial charge in [-0.1, -0.05) is 42.5 Å². The lowest BCUT2D eigenvalue weighted by Gasteiger charge is -2.13. The lowest BCUT2D eigenvalue weighted by atomic mass is 10.2. The number of amides is 2. The molecule has 1 heterocycles. The van der Waals surface area contributed by atoms with Gasteiger partial charge in [0.05, 0.1) is 7.11 Å². The molecule has 0 atom stereocenters. The minimum atomic E-state index is -0.894. The van der Waals surface area contributed by atoms with Gasteiger partial charge >= 0.3 is 0 Å². The summed E-state index contributed by atoms with van der Waals surface area (Å²) >= 11 is 0. The van der Waals surface area contributed by atoms with E-state index in [1.807, 2.05) is 18.2 Å². The molecule has 0 aliphatic heterocycles. The number of nitrogens with two attached hydrogens (primary N) is 1. The van der Waals surface area contributed by atoms with Crippen LogP contribution in [-0.4, -0.2) is 28.5 Å². The van der Waals surface area contributed by atoms with E-state index >= 15 is 0 Å². The molecule has 0 aliphatic rings. The number of aromatic nitrogens is 2. The second-order valence-corrected chi connectivity index (χ2v) is 6.24. The highest BCUT2D eigenvalue weighted by Gasteiger charge is 2.17. The number of primary amides is 1. The SMILES string of the molecule is COc1ccc(CNC(=O)Cn2c(-c3ccccc3)ncc(C(N)=O)c2=O)cc1. The second kappa shape index (κ2) is 8.83. The zero-order valence-electron chi connectivity index (χ0n) is 15.8. The maximum Gasteiger partial charge on any atom is 0.267 e. The Morgan fingerprint density at radius 3 is 2.41 bits per heavy atom. The summed E-state index contributed by atoms with van der Waals surface area (Å²) in [5.41, 5.74) is 5.84. The lowest BCUT2D eigenvalue weighted by molar-refractivity contribution is -0.121. The van der Waals surface area contributed by atoms with Gasteiger partial charge in [0.2, 0.25) is 5.91 Å². The van der Waals surface area contributed by atoms with Gasteiger partial charge in [0.15, 0.2) is 0 Å². The number of benzene rings is 2. The molecule has 2 amide bonds. The molecule has 8 nitrogen and oxygen atoms in total. The van der Waals surface area contributed by atoms with Crippen LogP contribution in [0.25, 0.3) is 11.4 Å². The van der Waals surface area contributed by atoms with Crippen molar-refractivity contribution in [2.75, 3.05) is 7.11 Å². The molecular formula is C21H20N4O4. The fraction of sp³-hybridized carbons (Fsp3) is 0.143. The quantitative estimate of drug-likeness (QED) is 0.629. The fourth-order valence-corrected chi connectivity index (χ4v) is 2.77. The van der Waals surface area contributed by atoms with Crippen molar-refractivity contribution in [1.29, 1.82) is 0 Å². The third-order valence-electron chi connectivity index (χ3n) is 4.30. The minimum absolute atomic E-state index is 0.271. The van der Waals surface area contributed by atoms with Crippen molar-refractivity contribution in [2.45, 2.75) is 13.1 Å². The predicted octanol–water partition coefficient (Wildman–Crippen LogP) is 1.33. The van der Waals surface area contributed by atoms with Crippen molar-refractivity contribution in [1.82, 2.24) is 14.9 Å². The van der Waals surface area contributed by atoms with Crippen LogP contribution in [0.4, 0.5) is 0 Å². The molecule has 2 aromatic carbocycles. The Hall–Kier alpha value is -3.94. The van der Waals surface area contributed by atoms with Gasteiger partial charge < -0.3 is 15.8 Å². The molecule has 29 heavy (non-hydrogen) atoms. The average Bonchev–Trinajstić information content (AvgIpc) is 2.74. The van der Waals surface area contributed by atoms with Crippen molar-refractivity contribution < 1.29 is 14.3 Å². The highest BCUT2D eigenvalue weighted by atomic mass is 16.5. The van der Waals surface area contributed by atoms with Gasteiger partial charge in [0, 0.05) is 18.3 Å². The van der Waals surface area contributed by atoms with Gasteiger partial charge in [0.25, 0.3) is 11.5 Å². The van der Waals surface area contributed by atoms with Crippen molar-refractivity contribution in [3.63, 3.8) is 0 Å². The average molecular weight is 392 g/mol. The monoisotopic (exact) mass is 392 g/mol. The maximum atomic E-state index is 12.7. The summed E-state index contributed by atoms with van der Waals surface area (Å²) in [6, 6.07) is 16.2. The van der Waals surface area contributed by atoms with E-state index in [1.165, 1.54) is 0 Å². The Labute approximate surface area is 167 Å². The summed E-state index contributed by atoms with van der Waals surface area (Å²) in [5.74, 6) is -0.299. The molecule has 0 saturated heterocycles. The van der Waals surface area contributed by atoms with E-state index in [4.69, 9.17) is 10.5 Å². The highest BCUT2D eigenvalue weighted by Crippen LogP contribution is 2.15. The summed E-state index contributed by atoms with van der Waals surface area (Å²) in [7, 11) is 1.58. The van der Waals surface area contributed by atoms with Crippen LogP contribution in [0.5, 0.6) is 5.75 Å². The Morgan fingerprint density at radius 2 is 1.79 bits per heavy atom. The van der Waals surface area contributed by atoms with Crippen molar-refractivity contribution in [3.05, 3.63) is 82.3 Å². The van der Waals surface area contributed by atoms with Crippen LogP contribution in [0.15, 0.2) is 65.6 Å². The first kappa shape index (κ1) is 19.8. The number of nitrogens with zero attached hydrogens (tertiary/aromatic N) is 2. The zero-order chi connectivity index (χ0) is 20.8. The first-order valence-corrected chi connectivity index (χ1v) is 8.84. The summed E-state index contributed by atoms with van der Waals surface area (Å²) < 4.78 is 6.25. The molecule has 0 bridgehead atoms. The summed E-state index contributed by atoms with van der Waals surface area (Å²) in [6.45, 7) is -0.0193. The normalized spacial score (nSPS) is 10.4. The molecule has 148 valence electrons. The number of hydrogen-bond donors (Lipinski definition) is 2. The van der Waals surface area contributed by atoms with Gasteiger partial charge in [-0.15, -0.1) is 0 Å². The van der Waals surface area contributed by atoms with E-state index in [9.17, 15) is 14.4 Å². The third-order valence-corrected chi connectivity index (χ3v) is 4.30. The topological polar surface area (TPSA) is 116 Å². The predicted molar refractivity (Wildman–Crippen MR) is 107 cm³/mol. The molecule has 0 fully saturated rings. The highest BCUT2D eigenvalue weighted by molar-refractivity contribution is 5.92. The molecule has 3 rings (SSSR count). The summed E-state index contributed by atoms with van der Waals surface area (Å²) in [6.07, 6.45) is 1.14. The Bertz CT molecular complexity index is 1080. The molecule has 8 heteroatoms. The van der Waals surface area contributed by atoms with Gasteiger partial charge in [0.1, 0.15) is 23.7 Å². The van der Waals surface area contributed by atoms with Crippen LogP contribution in [-0.2, 0) is 17.9 Å². The van der Waals surface area contributed by atoms with E-state index in [-0.39, 0.29) is 24.5 Å². The first-order valence-electron chi connectivity index (χ1n) is 8.84. The number of methoxy groups -OCH3 is 1. The fourth-order valence-electron chi connectivity index (χ4n) is 2.77. The maximum absolute atomic E-state index is 12.7. The van der Waals surface area contributed by atoms with E-state index in [0.29, 0.717) is 11.3 Å². The number of hydrogen-bond acceptors (Lipinski definition) is 5. The van der Waals surface area contributed by atoms with Crippen LogP contribution in [0.2, 0.25) is 0 Å². The first-order chi connectivity index (χ1) is 14.0. The van der Waals surface area contributed by atoms with Crippen LogP contribution in [0.1, 0.15) is 15.9 Å². The third kappa shape index (κ3) is 4.67. The molecule has 0 aliphatic carbocycles. The molecule has 3 N–H and O–H groups in total. The number of rotatable bonds is 7. The van der Waals surface area contributed by atoms with Crippen LogP contribution >= 0.6 is 0 Å². The van der Waals surface area contributed by atoms with Gasteiger partial charge in [-0.25, -0.2) is 4.98 Å². The van der Waals surface area contributed by atoms with Gasteiger partial charge in [-0.2, -0.15) is 0 Å². The Morgan fingerprint density at radius 1 is 1.10 bits per heavy atom. The van der Waals surface area contributed by atoms with Crippen molar-refractivity contribution >= 4 is 11.8 Å². The summed E-state index contributed by atoms with van der Waals surface area (Å²) in [4.78, 5) is 40.9. The van der Waals surface area contributed by atoms with E-state index < -0.39 is 17.4 Å². The van der Waals surface area contributed by atoms with Gasteiger partial charge in [-0.3, -0.25) is 19.0 Å². The molecule has 0 spiro atoms. The molecule has 3 aromatic rings. The zero-order valence-corrected chi connectivity index (χ0v) is 15.8. The number of carbonyl (C=O) groups excluding carboxylic acids is 2. The van der Waals surface area contributed by atoms with Crippen LogP contribution in [0, 0.1) is 0 Å². The minimum Gasteiger partial charge on any atom is -0.497 e. The second-order valence-electron chi connectivity index (χ2n) is 6.24.